The maximum atomic E-state index is 12.8. The van der Waals surface area contributed by atoms with E-state index in [9.17, 15) is 24.0 Å². The van der Waals surface area contributed by atoms with E-state index >= 15 is 0 Å². The van der Waals surface area contributed by atoms with Crippen molar-refractivity contribution in [2.75, 3.05) is 52.7 Å². The summed E-state index contributed by atoms with van der Waals surface area (Å²) in [7, 11) is 3.98. The van der Waals surface area contributed by atoms with Gasteiger partial charge in [0.05, 0.1) is 0 Å². The van der Waals surface area contributed by atoms with E-state index < -0.39 is 12.1 Å². The molecule has 264 valence electrons. The molecule has 0 aliphatic heterocycles. The van der Waals surface area contributed by atoms with Crippen molar-refractivity contribution in [3.63, 3.8) is 0 Å². The Balaban J connectivity index is 1.83. The van der Waals surface area contributed by atoms with Crippen LogP contribution in [0, 0.1) is 11.8 Å². The highest BCUT2D eigenvalue weighted by atomic mass is 32.2. The van der Waals surface area contributed by atoms with E-state index in [-0.39, 0.29) is 36.8 Å². The average molecular weight is 669 g/mol. The van der Waals surface area contributed by atoms with Crippen LogP contribution < -0.4 is 0 Å². The van der Waals surface area contributed by atoms with Crippen LogP contribution in [0.4, 0.5) is 4.79 Å². The lowest BCUT2D eigenvalue weighted by atomic mass is 9.86. The predicted octanol–water partition coefficient (Wildman–Crippen LogP) is 6.57. The number of carbonyl (C=O) groups excluding carboxylic acids is 5. The summed E-state index contributed by atoms with van der Waals surface area (Å²) in [6, 6.07) is 0. The number of nitrogens with zero attached hydrogens (tertiary/aromatic N) is 2. The molecule has 10 nitrogen and oxygen atoms in total. The number of esters is 3. The van der Waals surface area contributed by atoms with Crippen molar-refractivity contribution in [3.8, 4) is 0 Å². The summed E-state index contributed by atoms with van der Waals surface area (Å²) in [6.07, 6.45) is 16.5. The first-order valence-electron chi connectivity index (χ1n) is 17.8. The Kier molecular flexibility index (Phi) is 21.7. The van der Waals surface area contributed by atoms with Crippen LogP contribution in [0.1, 0.15) is 122 Å². The second-order valence-electron chi connectivity index (χ2n) is 13.2. The van der Waals surface area contributed by atoms with Crippen molar-refractivity contribution in [2.24, 2.45) is 11.8 Å². The second kappa shape index (κ2) is 25.0. The second-order valence-corrected chi connectivity index (χ2v) is 14.3. The SMILES string of the molecule is CN(C)CCCSC(=O)N(CCCC=O)CCCC(=O)OC(COC(=O)CCC1CCCCC1)COC(=O)CCC1CCCCC1. The van der Waals surface area contributed by atoms with Gasteiger partial charge in [0.1, 0.15) is 19.5 Å². The zero-order valence-electron chi connectivity index (χ0n) is 28.6. The van der Waals surface area contributed by atoms with E-state index in [2.05, 4.69) is 4.90 Å². The smallest absolute Gasteiger partial charge is 0.306 e. The van der Waals surface area contributed by atoms with Crippen LogP contribution in [0.3, 0.4) is 0 Å². The minimum absolute atomic E-state index is 0.0591. The molecule has 11 heteroatoms. The fourth-order valence-corrected chi connectivity index (χ4v) is 6.99. The van der Waals surface area contributed by atoms with Crippen LogP contribution >= 0.6 is 11.8 Å². The highest BCUT2D eigenvalue weighted by molar-refractivity contribution is 8.13. The number of carbonyl (C=O) groups is 5. The monoisotopic (exact) mass is 668 g/mol. The molecule has 2 saturated carbocycles. The lowest BCUT2D eigenvalue weighted by Gasteiger charge is -2.23. The molecule has 0 spiro atoms. The van der Waals surface area contributed by atoms with Crippen molar-refractivity contribution in [2.45, 2.75) is 128 Å². The molecule has 0 heterocycles. The Labute approximate surface area is 281 Å². The molecule has 0 N–H and O–H groups in total. The molecule has 1 amide bonds. The molecule has 0 atom stereocenters. The van der Waals surface area contributed by atoms with Crippen molar-refractivity contribution >= 4 is 41.2 Å². The number of ether oxygens (including phenoxy) is 3. The summed E-state index contributed by atoms with van der Waals surface area (Å²) in [6.45, 7) is 1.38. The van der Waals surface area contributed by atoms with Gasteiger partial charge in [-0.3, -0.25) is 19.2 Å². The highest BCUT2D eigenvalue weighted by Gasteiger charge is 2.22. The number of thioether (sulfide) groups is 1. The Morgan fingerprint density at radius 2 is 1.26 bits per heavy atom. The molecular weight excluding hydrogens is 608 g/mol. The van der Waals surface area contributed by atoms with Gasteiger partial charge < -0.3 is 28.8 Å². The third-order valence-electron chi connectivity index (χ3n) is 8.91. The summed E-state index contributed by atoms with van der Waals surface area (Å²) in [5.41, 5.74) is 0. The predicted molar refractivity (Wildman–Crippen MR) is 181 cm³/mol. The first-order valence-corrected chi connectivity index (χ1v) is 18.8. The molecule has 0 unspecified atom stereocenters. The Morgan fingerprint density at radius 1 is 0.717 bits per heavy atom. The van der Waals surface area contributed by atoms with Gasteiger partial charge in [-0.05, 0) is 64.6 Å². The number of hydrogen-bond acceptors (Lipinski definition) is 10. The van der Waals surface area contributed by atoms with Crippen LogP contribution in [0.2, 0.25) is 0 Å². The van der Waals surface area contributed by atoms with Gasteiger partial charge in [0.25, 0.3) is 5.24 Å². The number of amides is 1. The van der Waals surface area contributed by atoms with Crippen molar-refractivity contribution in [1.82, 2.24) is 9.80 Å². The van der Waals surface area contributed by atoms with Gasteiger partial charge in [-0.15, -0.1) is 0 Å². The van der Waals surface area contributed by atoms with Crippen molar-refractivity contribution in [3.05, 3.63) is 0 Å². The van der Waals surface area contributed by atoms with Gasteiger partial charge in [0, 0.05) is 44.5 Å². The number of hydrogen-bond donors (Lipinski definition) is 0. The van der Waals surface area contributed by atoms with Crippen LogP contribution in [0.25, 0.3) is 0 Å². The van der Waals surface area contributed by atoms with Crippen molar-refractivity contribution in [1.29, 1.82) is 0 Å². The van der Waals surface area contributed by atoms with E-state index in [1.807, 2.05) is 14.1 Å². The molecule has 0 radical (unpaired) electrons. The normalized spacial score (nSPS) is 15.9. The summed E-state index contributed by atoms with van der Waals surface area (Å²) < 4.78 is 16.6. The van der Waals surface area contributed by atoms with Crippen LogP contribution in [-0.4, -0.2) is 98.0 Å². The number of unbranched alkanes of at least 4 members (excludes halogenated alkanes) is 1. The van der Waals surface area contributed by atoms with E-state index in [1.54, 1.807) is 4.90 Å². The maximum absolute atomic E-state index is 12.8. The quantitative estimate of drug-likeness (QED) is 0.0512. The molecule has 0 aromatic rings. The molecule has 2 aliphatic rings. The largest absolute Gasteiger partial charge is 0.462 e. The van der Waals surface area contributed by atoms with Gasteiger partial charge in [-0.1, -0.05) is 76.0 Å². The summed E-state index contributed by atoms with van der Waals surface area (Å²) >= 11 is 1.26. The number of rotatable bonds is 23. The summed E-state index contributed by atoms with van der Waals surface area (Å²) in [4.78, 5) is 65.2. The van der Waals surface area contributed by atoms with Crippen molar-refractivity contribution < 1.29 is 38.2 Å². The molecule has 46 heavy (non-hydrogen) atoms. The molecule has 2 rings (SSSR count). The zero-order chi connectivity index (χ0) is 33.4. The third kappa shape index (κ3) is 19.5. The van der Waals surface area contributed by atoms with E-state index in [4.69, 9.17) is 14.2 Å². The van der Waals surface area contributed by atoms with Gasteiger partial charge >= 0.3 is 17.9 Å². The molecule has 0 aromatic carbocycles. The Morgan fingerprint density at radius 3 is 1.78 bits per heavy atom. The maximum Gasteiger partial charge on any atom is 0.306 e. The highest BCUT2D eigenvalue weighted by Crippen LogP contribution is 2.28. The van der Waals surface area contributed by atoms with E-state index in [1.165, 1.54) is 50.3 Å². The minimum atomic E-state index is -0.887. The molecular formula is C35H60N2O8S. The molecule has 2 aliphatic carbocycles. The zero-order valence-corrected chi connectivity index (χ0v) is 29.4. The first kappa shape index (κ1) is 40.0. The van der Waals surface area contributed by atoms with Gasteiger partial charge in [0.15, 0.2) is 6.10 Å². The summed E-state index contributed by atoms with van der Waals surface area (Å²) in [5, 5.41) is -0.0591. The minimum Gasteiger partial charge on any atom is -0.462 e. The first-order chi connectivity index (χ1) is 22.3. The Hall–Kier alpha value is -2.14. The average Bonchev–Trinajstić information content (AvgIpc) is 3.06. The van der Waals surface area contributed by atoms with E-state index in [0.29, 0.717) is 62.8 Å². The molecule has 0 saturated heterocycles. The topological polar surface area (TPSA) is 120 Å². The van der Waals surface area contributed by atoms with Crippen LogP contribution in [0.15, 0.2) is 0 Å². The third-order valence-corrected chi connectivity index (χ3v) is 9.91. The fraction of sp³-hybridized carbons (Fsp3) is 0.857. The molecule has 0 aromatic heterocycles. The molecule has 0 bridgehead atoms. The van der Waals surface area contributed by atoms with E-state index in [0.717, 1.165) is 57.8 Å². The Bertz CT molecular complexity index is 852. The fourth-order valence-electron chi connectivity index (χ4n) is 6.18. The lowest BCUT2D eigenvalue weighted by molar-refractivity contribution is -0.167. The molecule has 2 fully saturated rings. The van der Waals surface area contributed by atoms with Gasteiger partial charge in [-0.25, -0.2) is 0 Å². The van der Waals surface area contributed by atoms with Crippen LogP contribution in [-0.2, 0) is 33.4 Å². The van der Waals surface area contributed by atoms with Gasteiger partial charge in [-0.2, -0.15) is 0 Å². The van der Waals surface area contributed by atoms with Gasteiger partial charge in [0.2, 0.25) is 0 Å². The standard InChI is InChI=1S/C35H60N2O8S/c1-36(2)22-12-26-46-35(42)37(23-9-10-25-38)24-11-17-34(41)45-31(27-43-32(39)20-18-29-13-5-3-6-14-29)28-44-33(40)21-19-30-15-7-4-8-16-30/h25,29-31H,3-24,26-28H2,1-2H3. The number of aldehydes is 1. The summed E-state index contributed by atoms with van der Waals surface area (Å²) in [5.74, 6) is 0.651. The lowest BCUT2D eigenvalue weighted by Crippen LogP contribution is -2.32. The van der Waals surface area contributed by atoms with Crippen LogP contribution in [0.5, 0.6) is 0 Å².